The Hall–Kier alpha value is -4.57. The number of fused-ring (bicyclic) bond motifs is 15. The molecule has 4 heteroatoms. The molecule has 162 valence electrons. The first kappa shape index (κ1) is 17.8. The zero-order valence-corrected chi connectivity index (χ0v) is 18.8. The molecule has 0 fully saturated rings. The molecule has 0 atom stereocenters. The Bertz CT molecular complexity index is 2070. The first-order valence-electron chi connectivity index (χ1n) is 12.0. The van der Waals surface area contributed by atoms with Crippen LogP contribution in [0.2, 0.25) is 0 Å². The van der Waals surface area contributed by atoms with E-state index in [2.05, 4.69) is 64.0 Å². The minimum absolute atomic E-state index is 0.894. The fourth-order valence-corrected chi connectivity index (χ4v) is 6.48. The molecule has 4 heterocycles. The Morgan fingerprint density at radius 2 is 1.57 bits per heavy atom. The number of hydrogen-bond donors (Lipinski definition) is 0. The third-order valence-electron chi connectivity index (χ3n) is 7.93. The van der Waals surface area contributed by atoms with E-state index in [1.165, 1.54) is 55.3 Å². The van der Waals surface area contributed by atoms with Crippen LogP contribution in [0.4, 0.5) is 0 Å². The summed E-state index contributed by atoms with van der Waals surface area (Å²) in [6.07, 6.45) is 7.53. The predicted molar refractivity (Wildman–Crippen MR) is 140 cm³/mol. The first-order chi connectivity index (χ1) is 17.3. The van der Waals surface area contributed by atoms with E-state index in [1.54, 1.807) is 0 Å². The van der Waals surface area contributed by atoms with Gasteiger partial charge in [-0.2, -0.15) is 0 Å². The molecule has 0 spiro atoms. The Balaban J connectivity index is 1.48. The van der Waals surface area contributed by atoms with Gasteiger partial charge in [0, 0.05) is 23.2 Å². The Labute approximate surface area is 200 Å². The lowest BCUT2D eigenvalue weighted by Gasteiger charge is -2.13. The van der Waals surface area contributed by atoms with Crippen molar-refractivity contribution in [1.29, 1.82) is 0 Å². The molecule has 0 saturated carbocycles. The van der Waals surface area contributed by atoms with Crippen LogP contribution in [0.25, 0.3) is 60.7 Å². The molecule has 9 rings (SSSR count). The van der Waals surface area contributed by atoms with Gasteiger partial charge in [-0.1, -0.05) is 42.5 Å². The number of imidazole rings is 1. The molecule has 3 aromatic carbocycles. The molecule has 4 nitrogen and oxygen atoms in total. The van der Waals surface area contributed by atoms with E-state index in [-0.39, 0.29) is 0 Å². The van der Waals surface area contributed by atoms with Crippen LogP contribution in [0.5, 0.6) is 0 Å². The van der Waals surface area contributed by atoms with Crippen LogP contribution in [0.1, 0.15) is 22.3 Å². The third kappa shape index (κ3) is 2.15. The molecule has 0 unspecified atom stereocenters. The number of aromatic nitrogens is 4. The Morgan fingerprint density at radius 1 is 0.657 bits per heavy atom. The number of rotatable bonds is 0. The summed E-state index contributed by atoms with van der Waals surface area (Å²) in [7, 11) is 0. The van der Waals surface area contributed by atoms with E-state index in [9.17, 15) is 0 Å². The highest BCUT2D eigenvalue weighted by Crippen LogP contribution is 2.48. The molecule has 0 aliphatic heterocycles. The van der Waals surface area contributed by atoms with Crippen LogP contribution in [-0.4, -0.2) is 19.4 Å². The highest BCUT2D eigenvalue weighted by atomic mass is 15.1. The molecule has 2 aliphatic carbocycles. The second kappa shape index (κ2) is 6.10. The molecular weight excluding hydrogens is 428 g/mol. The normalized spacial score (nSPS) is 13.5. The number of nitrogens with zero attached hydrogens (tertiary/aromatic N) is 4. The van der Waals surface area contributed by atoms with Crippen molar-refractivity contribution in [2.75, 3.05) is 0 Å². The summed E-state index contributed by atoms with van der Waals surface area (Å²) in [5.41, 5.74) is 14.9. The fraction of sp³-hybridized carbons (Fsp3) is 0.0645. The molecule has 4 aromatic heterocycles. The molecule has 0 amide bonds. The maximum Gasteiger partial charge on any atom is 0.148 e. The van der Waals surface area contributed by atoms with Crippen LogP contribution in [0.15, 0.2) is 85.3 Å². The van der Waals surface area contributed by atoms with Crippen LogP contribution in [0.3, 0.4) is 0 Å². The van der Waals surface area contributed by atoms with Gasteiger partial charge >= 0.3 is 0 Å². The lowest BCUT2D eigenvalue weighted by molar-refractivity contribution is 1.21. The van der Waals surface area contributed by atoms with Gasteiger partial charge in [0.1, 0.15) is 16.8 Å². The standard InChI is InChI=1S/C31H18N4/c1-2-5-21-17(4-1)12-19-14-20-13-18-7-8-22-23-6-3-10-33-30(23)35-27-9-11-32-16-26(27)34-31(35)29(22)28(18)25(20)15-24(19)21/h1-11,14-16H,12-13H2. The zero-order valence-electron chi connectivity index (χ0n) is 18.8. The summed E-state index contributed by atoms with van der Waals surface area (Å²) in [6, 6.07) is 24.5. The van der Waals surface area contributed by atoms with E-state index in [0.717, 1.165) is 40.6 Å². The minimum atomic E-state index is 0.894. The topological polar surface area (TPSA) is 43.1 Å². The van der Waals surface area contributed by atoms with Gasteiger partial charge in [0.15, 0.2) is 0 Å². The molecule has 2 aliphatic rings. The van der Waals surface area contributed by atoms with Crippen molar-refractivity contribution >= 4 is 38.5 Å². The highest BCUT2D eigenvalue weighted by molar-refractivity contribution is 6.19. The molecule has 0 radical (unpaired) electrons. The molecule has 0 bridgehead atoms. The maximum absolute atomic E-state index is 5.11. The molecule has 0 saturated heterocycles. The van der Waals surface area contributed by atoms with E-state index < -0.39 is 0 Å². The molecule has 0 N–H and O–H groups in total. The first-order valence-corrected chi connectivity index (χ1v) is 12.0. The van der Waals surface area contributed by atoms with Gasteiger partial charge in [-0.3, -0.25) is 9.38 Å². The van der Waals surface area contributed by atoms with Gasteiger partial charge in [-0.05, 0) is 87.0 Å². The van der Waals surface area contributed by atoms with Crippen molar-refractivity contribution in [2.45, 2.75) is 12.8 Å². The van der Waals surface area contributed by atoms with Crippen molar-refractivity contribution < 1.29 is 0 Å². The van der Waals surface area contributed by atoms with Gasteiger partial charge in [0.05, 0.1) is 11.7 Å². The van der Waals surface area contributed by atoms with Crippen molar-refractivity contribution in [3.8, 4) is 22.3 Å². The Morgan fingerprint density at radius 3 is 2.57 bits per heavy atom. The fourth-order valence-electron chi connectivity index (χ4n) is 6.48. The van der Waals surface area contributed by atoms with Crippen LogP contribution in [0, 0.1) is 0 Å². The van der Waals surface area contributed by atoms with Crippen molar-refractivity contribution in [2.24, 2.45) is 0 Å². The largest absolute Gasteiger partial charge is 0.276 e. The highest BCUT2D eigenvalue weighted by Gasteiger charge is 2.28. The quantitative estimate of drug-likeness (QED) is 0.243. The summed E-state index contributed by atoms with van der Waals surface area (Å²) in [6.45, 7) is 0. The summed E-state index contributed by atoms with van der Waals surface area (Å²) >= 11 is 0. The average Bonchev–Trinajstić information content (AvgIpc) is 3.58. The summed E-state index contributed by atoms with van der Waals surface area (Å²) < 4.78 is 2.22. The smallest absolute Gasteiger partial charge is 0.148 e. The van der Waals surface area contributed by atoms with Crippen molar-refractivity contribution in [3.63, 3.8) is 0 Å². The average molecular weight is 447 g/mol. The lowest BCUT2D eigenvalue weighted by atomic mass is 9.94. The molecular formula is C31H18N4. The van der Waals surface area contributed by atoms with E-state index in [4.69, 9.17) is 9.97 Å². The van der Waals surface area contributed by atoms with Crippen molar-refractivity contribution in [1.82, 2.24) is 19.4 Å². The van der Waals surface area contributed by atoms with E-state index in [0.29, 0.717) is 0 Å². The summed E-state index contributed by atoms with van der Waals surface area (Å²) in [4.78, 5) is 14.2. The number of pyridine rings is 3. The van der Waals surface area contributed by atoms with Crippen molar-refractivity contribution in [3.05, 3.63) is 108 Å². The van der Waals surface area contributed by atoms with Gasteiger partial charge in [-0.25, -0.2) is 9.97 Å². The zero-order chi connectivity index (χ0) is 22.7. The van der Waals surface area contributed by atoms with Gasteiger partial charge in [0.25, 0.3) is 0 Å². The summed E-state index contributed by atoms with van der Waals surface area (Å²) in [5.74, 6) is 0. The third-order valence-corrected chi connectivity index (χ3v) is 7.93. The summed E-state index contributed by atoms with van der Waals surface area (Å²) in [5, 5.41) is 3.56. The van der Waals surface area contributed by atoms with Gasteiger partial charge < -0.3 is 0 Å². The number of benzene rings is 3. The molecule has 7 aromatic rings. The second-order valence-electron chi connectivity index (χ2n) is 9.71. The minimum Gasteiger partial charge on any atom is -0.276 e. The monoisotopic (exact) mass is 446 g/mol. The number of hydrogen-bond acceptors (Lipinski definition) is 3. The maximum atomic E-state index is 5.11. The second-order valence-corrected chi connectivity index (χ2v) is 9.71. The Kier molecular flexibility index (Phi) is 3.11. The van der Waals surface area contributed by atoms with E-state index >= 15 is 0 Å². The van der Waals surface area contributed by atoms with Crippen LogP contribution < -0.4 is 0 Å². The van der Waals surface area contributed by atoms with Gasteiger partial charge in [0.2, 0.25) is 0 Å². The molecule has 35 heavy (non-hydrogen) atoms. The van der Waals surface area contributed by atoms with E-state index in [1.807, 2.05) is 30.7 Å². The predicted octanol–water partition coefficient (Wildman–Crippen LogP) is 6.73. The van der Waals surface area contributed by atoms with Crippen LogP contribution in [-0.2, 0) is 12.8 Å². The van der Waals surface area contributed by atoms with Gasteiger partial charge in [-0.15, -0.1) is 0 Å². The SMILES string of the molecule is c1ccc2c(c1)Cc1cc3c(cc1-2)-c1c(ccc2c4cccnc4n4c5ccncc5nc4c12)C3. The van der Waals surface area contributed by atoms with Crippen LogP contribution >= 0.6 is 0 Å². The lowest BCUT2D eigenvalue weighted by Crippen LogP contribution is -1.95.